The summed E-state index contributed by atoms with van der Waals surface area (Å²) in [6.45, 7) is 2.63. The zero-order chi connectivity index (χ0) is 14.4. The van der Waals surface area contributed by atoms with Crippen LogP contribution in [0.4, 0.5) is 0 Å². The van der Waals surface area contributed by atoms with Gasteiger partial charge in [-0.3, -0.25) is 0 Å². The molecule has 0 aliphatic carbocycles. The largest absolute Gasteiger partial charge is 0.493 e. The van der Waals surface area contributed by atoms with E-state index in [4.69, 9.17) is 9.84 Å². The van der Waals surface area contributed by atoms with Gasteiger partial charge in [0, 0.05) is 10.6 Å². The van der Waals surface area contributed by atoms with E-state index in [-0.39, 0.29) is 0 Å². The molecule has 1 N–H and O–H groups in total. The molecule has 0 radical (unpaired) electrons. The number of ether oxygens (including phenoxy) is 1. The van der Waals surface area contributed by atoms with Crippen molar-refractivity contribution in [3.05, 3.63) is 59.7 Å². The molecular weight excluding hydrogens is 272 g/mol. The van der Waals surface area contributed by atoms with Crippen molar-refractivity contribution >= 4 is 17.7 Å². The molecule has 0 aliphatic heterocycles. The fourth-order valence-electron chi connectivity index (χ4n) is 1.67. The Balaban J connectivity index is 1.79. The lowest BCUT2D eigenvalue weighted by Gasteiger charge is -2.06. The molecule has 0 aliphatic rings. The monoisotopic (exact) mass is 288 g/mol. The average Bonchev–Trinajstić information content (AvgIpc) is 2.46. The number of thioether (sulfide) groups is 1. The Hall–Kier alpha value is -1.94. The summed E-state index contributed by atoms with van der Waals surface area (Å²) < 4.78 is 5.62. The fraction of sp³-hybridized carbons (Fsp3) is 0.188. The van der Waals surface area contributed by atoms with Crippen molar-refractivity contribution in [1.82, 2.24) is 0 Å². The Morgan fingerprint density at radius 1 is 1.20 bits per heavy atom. The maximum Gasteiger partial charge on any atom is 0.335 e. The molecule has 0 saturated carbocycles. The molecular formula is C16H16O3S. The van der Waals surface area contributed by atoms with Crippen molar-refractivity contribution in [2.75, 3.05) is 12.4 Å². The van der Waals surface area contributed by atoms with Gasteiger partial charge < -0.3 is 9.84 Å². The van der Waals surface area contributed by atoms with Gasteiger partial charge in [-0.2, -0.15) is 0 Å². The molecule has 0 heterocycles. The first kappa shape index (κ1) is 14.5. The average molecular weight is 288 g/mol. The van der Waals surface area contributed by atoms with Crippen molar-refractivity contribution in [3.8, 4) is 5.75 Å². The van der Waals surface area contributed by atoms with Crippen LogP contribution in [0.3, 0.4) is 0 Å². The predicted molar refractivity (Wildman–Crippen MR) is 80.8 cm³/mol. The summed E-state index contributed by atoms with van der Waals surface area (Å²) in [5.74, 6) is 0.732. The van der Waals surface area contributed by atoms with Crippen LogP contribution in [-0.4, -0.2) is 23.4 Å². The van der Waals surface area contributed by atoms with E-state index in [2.05, 4.69) is 0 Å². The fourth-order valence-corrected chi connectivity index (χ4v) is 2.46. The Morgan fingerprint density at radius 2 is 1.95 bits per heavy atom. The van der Waals surface area contributed by atoms with Gasteiger partial charge in [0.15, 0.2) is 0 Å². The Kier molecular flexibility index (Phi) is 5.07. The molecule has 0 fully saturated rings. The van der Waals surface area contributed by atoms with Gasteiger partial charge in [-0.1, -0.05) is 23.8 Å². The smallest absolute Gasteiger partial charge is 0.335 e. The van der Waals surface area contributed by atoms with Crippen LogP contribution in [0.25, 0.3) is 0 Å². The number of aryl methyl sites for hydroxylation is 1. The highest BCUT2D eigenvalue weighted by molar-refractivity contribution is 7.99. The highest BCUT2D eigenvalue weighted by atomic mass is 32.2. The third-order valence-corrected chi connectivity index (χ3v) is 3.68. The van der Waals surface area contributed by atoms with Crippen LogP contribution in [-0.2, 0) is 0 Å². The number of hydrogen-bond acceptors (Lipinski definition) is 3. The molecule has 0 saturated heterocycles. The summed E-state index contributed by atoms with van der Waals surface area (Å²) in [4.78, 5) is 11.8. The lowest BCUT2D eigenvalue weighted by molar-refractivity contribution is 0.0696. The molecule has 0 aromatic heterocycles. The number of carbonyl (C=O) groups is 1. The van der Waals surface area contributed by atoms with Gasteiger partial charge in [-0.05, 0) is 37.3 Å². The Bertz CT molecular complexity index is 579. The highest BCUT2D eigenvalue weighted by Gasteiger charge is 2.03. The topological polar surface area (TPSA) is 46.5 Å². The van der Waals surface area contributed by atoms with Crippen LogP contribution in [0.15, 0.2) is 53.4 Å². The van der Waals surface area contributed by atoms with Crippen LogP contribution >= 0.6 is 11.8 Å². The molecule has 2 rings (SSSR count). The minimum absolute atomic E-state index is 0.314. The van der Waals surface area contributed by atoms with Gasteiger partial charge in [0.1, 0.15) is 5.75 Å². The third-order valence-electron chi connectivity index (χ3n) is 2.72. The van der Waals surface area contributed by atoms with Gasteiger partial charge in [-0.25, -0.2) is 4.79 Å². The van der Waals surface area contributed by atoms with E-state index < -0.39 is 5.97 Å². The van der Waals surface area contributed by atoms with Crippen LogP contribution in [0, 0.1) is 6.92 Å². The van der Waals surface area contributed by atoms with E-state index in [0.29, 0.717) is 12.2 Å². The lowest BCUT2D eigenvalue weighted by Crippen LogP contribution is -2.00. The molecule has 0 unspecified atom stereocenters. The number of benzene rings is 2. The summed E-state index contributed by atoms with van der Waals surface area (Å²) in [6, 6.07) is 14.9. The molecule has 2 aromatic carbocycles. The first-order valence-corrected chi connectivity index (χ1v) is 7.29. The quantitative estimate of drug-likeness (QED) is 0.647. The maximum absolute atomic E-state index is 10.9. The SMILES string of the molecule is Cc1ccc(OCCSc2cccc(C(=O)O)c2)cc1. The Morgan fingerprint density at radius 3 is 2.65 bits per heavy atom. The van der Waals surface area contributed by atoms with Gasteiger partial charge >= 0.3 is 5.97 Å². The molecule has 3 nitrogen and oxygen atoms in total. The summed E-state index contributed by atoms with van der Waals surface area (Å²) in [6.07, 6.45) is 0. The van der Waals surface area contributed by atoms with Crippen LogP contribution < -0.4 is 4.74 Å². The lowest BCUT2D eigenvalue weighted by atomic mass is 10.2. The summed E-state index contributed by atoms with van der Waals surface area (Å²) in [5, 5.41) is 8.92. The molecule has 20 heavy (non-hydrogen) atoms. The third kappa shape index (κ3) is 4.31. The van der Waals surface area contributed by atoms with E-state index in [1.54, 1.807) is 30.0 Å². The number of rotatable bonds is 6. The van der Waals surface area contributed by atoms with Crippen LogP contribution in [0.1, 0.15) is 15.9 Å². The van der Waals surface area contributed by atoms with E-state index in [1.165, 1.54) is 5.56 Å². The molecule has 0 amide bonds. The molecule has 2 aromatic rings. The van der Waals surface area contributed by atoms with Crippen molar-refractivity contribution in [2.24, 2.45) is 0 Å². The van der Waals surface area contributed by atoms with Crippen molar-refractivity contribution in [2.45, 2.75) is 11.8 Å². The van der Waals surface area contributed by atoms with E-state index >= 15 is 0 Å². The highest BCUT2D eigenvalue weighted by Crippen LogP contribution is 2.19. The zero-order valence-corrected chi connectivity index (χ0v) is 12.0. The maximum atomic E-state index is 10.9. The second-order valence-electron chi connectivity index (χ2n) is 4.34. The van der Waals surface area contributed by atoms with E-state index in [9.17, 15) is 4.79 Å². The van der Waals surface area contributed by atoms with Crippen LogP contribution in [0.2, 0.25) is 0 Å². The number of carboxylic acids is 1. The van der Waals surface area contributed by atoms with E-state index in [1.807, 2.05) is 37.3 Å². The summed E-state index contributed by atoms with van der Waals surface area (Å²) in [5.41, 5.74) is 1.52. The predicted octanol–water partition coefficient (Wildman–Crippen LogP) is 3.86. The summed E-state index contributed by atoms with van der Waals surface area (Å²) in [7, 11) is 0. The van der Waals surface area contributed by atoms with Gasteiger partial charge in [-0.15, -0.1) is 11.8 Å². The number of carboxylic acid groups (broad SMARTS) is 1. The van der Waals surface area contributed by atoms with Crippen molar-refractivity contribution in [3.63, 3.8) is 0 Å². The van der Waals surface area contributed by atoms with Gasteiger partial charge in [0.25, 0.3) is 0 Å². The minimum atomic E-state index is -0.900. The van der Waals surface area contributed by atoms with Crippen molar-refractivity contribution in [1.29, 1.82) is 0 Å². The number of aromatic carboxylic acids is 1. The molecule has 0 spiro atoms. The van der Waals surface area contributed by atoms with Gasteiger partial charge in [0.05, 0.1) is 12.2 Å². The van der Waals surface area contributed by atoms with Crippen LogP contribution in [0.5, 0.6) is 5.75 Å². The van der Waals surface area contributed by atoms with Gasteiger partial charge in [0.2, 0.25) is 0 Å². The normalized spacial score (nSPS) is 10.2. The molecule has 4 heteroatoms. The first-order valence-electron chi connectivity index (χ1n) is 6.31. The molecule has 0 bridgehead atoms. The zero-order valence-electron chi connectivity index (χ0n) is 11.2. The Labute approximate surface area is 122 Å². The first-order chi connectivity index (χ1) is 9.65. The molecule has 104 valence electrons. The molecule has 0 atom stereocenters. The van der Waals surface area contributed by atoms with E-state index in [0.717, 1.165) is 16.4 Å². The second-order valence-corrected chi connectivity index (χ2v) is 5.51. The number of hydrogen-bond donors (Lipinski definition) is 1. The minimum Gasteiger partial charge on any atom is -0.493 e. The van der Waals surface area contributed by atoms with Crippen molar-refractivity contribution < 1.29 is 14.6 Å². The second kappa shape index (κ2) is 7.01. The summed E-state index contributed by atoms with van der Waals surface area (Å²) >= 11 is 1.59. The standard InChI is InChI=1S/C16H16O3S/c1-12-5-7-14(8-6-12)19-9-10-20-15-4-2-3-13(11-15)16(17)18/h2-8,11H,9-10H2,1H3,(H,17,18).